The van der Waals surface area contributed by atoms with Gasteiger partial charge in [0, 0.05) is 0 Å². The van der Waals surface area contributed by atoms with Crippen molar-refractivity contribution in [1.29, 1.82) is 0 Å². The lowest BCUT2D eigenvalue weighted by Crippen LogP contribution is -1.91. The van der Waals surface area contributed by atoms with E-state index in [0.29, 0.717) is 0 Å². The van der Waals surface area contributed by atoms with Crippen LogP contribution in [0.3, 0.4) is 0 Å². The van der Waals surface area contributed by atoms with Crippen LogP contribution in [0.4, 0.5) is 0 Å². The van der Waals surface area contributed by atoms with Gasteiger partial charge in [0.2, 0.25) is 0 Å². The zero-order valence-corrected chi connectivity index (χ0v) is 9.89. The molecule has 0 fully saturated rings. The molecule has 0 heterocycles. The maximum absolute atomic E-state index is 9.11. The van der Waals surface area contributed by atoms with Crippen LogP contribution in [-0.2, 0) is 0 Å². The summed E-state index contributed by atoms with van der Waals surface area (Å²) in [6.45, 7) is 4.69. The third kappa shape index (κ3) is 8.31. The van der Waals surface area contributed by atoms with E-state index >= 15 is 0 Å². The smallest absolute Gasteiger partial charge is 0.0641 e. The minimum Gasteiger partial charge on any atom is -0.392 e. The van der Waals surface area contributed by atoms with Crippen LogP contribution in [0, 0.1) is 0 Å². The Bertz CT molecular complexity index is 138. The van der Waals surface area contributed by atoms with Crippen LogP contribution < -0.4 is 0 Å². The molecular formula is C13H26O. The second-order valence-electron chi connectivity index (χ2n) is 3.97. The Hall–Kier alpha value is -0.300. The van der Waals surface area contributed by atoms with Gasteiger partial charge in [-0.05, 0) is 31.3 Å². The molecule has 0 aromatic rings. The van der Waals surface area contributed by atoms with Gasteiger partial charge in [-0.1, -0.05) is 45.6 Å². The van der Waals surface area contributed by atoms with Gasteiger partial charge in [-0.2, -0.15) is 0 Å². The number of hydrogen-bond acceptors (Lipinski definition) is 1. The van der Waals surface area contributed by atoms with Crippen molar-refractivity contribution in [3.05, 3.63) is 11.6 Å². The van der Waals surface area contributed by atoms with Gasteiger partial charge in [0.15, 0.2) is 0 Å². The molecule has 0 amide bonds. The fourth-order valence-electron chi connectivity index (χ4n) is 1.55. The Morgan fingerprint density at radius 1 is 1.00 bits per heavy atom. The summed E-state index contributed by atoms with van der Waals surface area (Å²) in [5.74, 6) is 0. The molecule has 0 bridgehead atoms. The summed E-state index contributed by atoms with van der Waals surface area (Å²) in [6.07, 6.45) is 12.1. The molecule has 0 aromatic carbocycles. The molecule has 0 aromatic heterocycles. The first-order valence-electron chi connectivity index (χ1n) is 6.13. The zero-order chi connectivity index (χ0) is 10.6. The van der Waals surface area contributed by atoms with Crippen LogP contribution in [0.1, 0.15) is 65.2 Å². The van der Waals surface area contributed by atoms with Gasteiger partial charge in [0.25, 0.3) is 0 Å². The average Bonchev–Trinajstić information content (AvgIpc) is 2.22. The molecule has 0 spiro atoms. The minimum absolute atomic E-state index is 0.260. The van der Waals surface area contributed by atoms with E-state index in [0.717, 1.165) is 12.8 Å². The molecule has 0 saturated heterocycles. The number of unbranched alkanes of at least 4 members (excludes halogenated alkanes) is 5. The molecule has 0 radical (unpaired) electrons. The summed E-state index contributed by atoms with van der Waals surface area (Å²) in [5, 5.41) is 9.11. The van der Waals surface area contributed by atoms with Crippen LogP contribution in [-0.4, -0.2) is 11.7 Å². The molecule has 1 nitrogen and oxygen atoms in total. The van der Waals surface area contributed by atoms with Gasteiger partial charge in [-0.25, -0.2) is 0 Å². The summed E-state index contributed by atoms with van der Waals surface area (Å²) < 4.78 is 0. The van der Waals surface area contributed by atoms with Crippen molar-refractivity contribution < 1.29 is 5.11 Å². The van der Waals surface area contributed by atoms with Gasteiger partial charge >= 0.3 is 0 Å². The Kier molecular flexibility index (Phi) is 10.5. The van der Waals surface area contributed by atoms with Crippen molar-refractivity contribution in [2.45, 2.75) is 65.2 Å². The highest BCUT2D eigenvalue weighted by Gasteiger charge is 1.95. The predicted molar refractivity (Wildman–Crippen MR) is 63.5 cm³/mol. The molecule has 0 rings (SSSR count). The van der Waals surface area contributed by atoms with Gasteiger partial charge in [-0.15, -0.1) is 0 Å². The summed E-state index contributed by atoms with van der Waals surface area (Å²) in [6, 6.07) is 0. The van der Waals surface area contributed by atoms with Gasteiger partial charge < -0.3 is 5.11 Å². The Morgan fingerprint density at radius 2 is 1.64 bits per heavy atom. The van der Waals surface area contributed by atoms with Crippen molar-refractivity contribution in [1.82, 2.24) is 0 Å². The van der Waals surface area contributed by atoms with Gasteiger partial charge in [-0.3, -0.25) is 0 Å². The average molecular weight is 198 g/mol. The maximum atomic E-state index is 9.11. The van der Waals surface area contributed by atoms with E-state index in [1.165, 1.54) is 44.1 Å². The number of allylic oxidation sites excluding steroid dienone is 1. The molecule has 0 unspecified atom stereocenters. The predicted octanol–water partition coefficient (Wildman–Crippen LogP) is 4.07. The fourth-order valence-corrected chi connectivity index (χ4v) is 1.55. The van der Waals surface area contributed by atoms with Crippen molar-refractivity contribution in [3.63, 3.8) is 0 Å². The summed E-state index contributed by atoms with van der Waals surface area (Å²) >= 11 is 0. The molecule has 0 aliphatic heterocycles. The molecule has 0 aliphatic rings. The lowest BCUT2D eigenvalue weighted by Gasteiger charge is -2.03. The number of aliphatic hydroxyl groups is 1. The quantitative estimate of drug-likeness (QED) is 0.437. The highest BCUT2D eigenvalue weighted by molar-refractivity contribution is 5.01. The van der Waals surface area contributed by atoms with Gasteiger partial charge in [0.1, 0.15) is 0 Å². The van der Waals surface area contributed by atoms with Crippen molar-refractivity contribution in [2.75, 3.05) is 6.61 Å². The normalized spacial score (nSPS) is 12.1. The topological polar surface area (TPSA) is 20.2 Å². The summed E-state index contributed by atoms with van der Waals surface area (Å²) in [4.78, 5) is 0. The zero-order valence-electron chi connectivity index (χ0n) is 9.89. The highest BCUT2D eigenvalue weighted by atomic mass is 16.3. The largest absolute Gasteiger partial charge is 0.392 e. The first kappa shape index (κ1) is 13.7. The Balaban J connectivity index is 3.53. The van der Waals surface area contributed by atoms with E-state index in [1.807, 2.05) is 0 Å². The molecule has 1 heteroatoms. The fraction of sp³-hybridized carbons (Fsp3) is 0.846. The Morgan fingerprint density at radius 3 is 2.21 bits per heavy atom. The molecule has 0 saturated carbocycles. The van der Waals surface area contributed by atoms with Crippen LogP contribution in [0.2, 0.25) is 0 Å². The summed E-state index contributed by atoms with van der Waals surface area (Å²) in [7, 11) is 0. The second kappa shape index (κ2) is 10.8. The van der Waals surface area contributed by atoms with E-state index in [-0.39, 0.29) is 6.61 Å². The van der Waals surface area contributed by atoms with Crippen LogP contribution in [0.25, 0.3) is 0 Å². The third-order valence-electron chi connectivity index (χ3n) is 2.55. The minimum atomic E-state index is 0.260. The van der Waals surface area contributed by atoms with Crippen molar-refractivity contribution in [3.8, 4) is 0 Å². The van der Waals surface area contributed by atoms with E-state index in [4.69, 9.17) is 5.11 Å². The highest BCUT2D eigenvalue weighted by Crippen LogP contribution is 2.10. The van der Waals surface area contributed by atoms with Crippen molar-refractivity contribution >= 4 is 0 Å². The van der Waals surface area contributed by atoms with Crippen LogP contribution in [0.5, 0.6) is 0 Å². The van der Waals surface area contributed by atoms with Gasteiger partial charge in [0.05, 0.1) is 6.61 Å². The SMILES string of the molecule is CCCCC/C=C(/CO)CCCCC. The molecule has 14 heavy (non-hydrogen) atoms. The molecule has 1 N–H and O–H groups in total. The summed E-state index contributed by atoms with van der Waals surface area (Å²) in [5.41, 5.74) is 1.24. The van der Waals surface area contributed by atoms with Crippen LogP contribution >= 0.6 is 0 Å². The first-order chi connectivity index (χ1) is 6.85. The van der Waals surface area contributed by atoms with E-state index < -0.39 is 0 Å². The van der Waals surface area contributed by atoms with Crippen molar-refractivity contribution in [2.24, 2.45) is 0 Å². The van der Waals surface area contributed by atoms with Crippen LogP contribution in [0.15, 0.2) is 11.6 Å². The second-order valence-corrected chi connectivity index (χ2v) is 3.97. The molecular weight excluding hydrogens is 172 g/mol. The molecule has 0 atom stereocenters. The standard InChI is InChI=1S/C13H26O/c1-3-5-7-9-11-13(12-14)10-8-6-4-2/h11,14H,3-10,12H2,1-2H3/b13-11+. The molecule has 84 valence electrons. The van der Waals surface area contributed by atoms with E-state index in [1.54, 1.807) is 0 Å². The first-order valence-corrected chi connectivity index (χ1v) is 6.13. The lowest BCUT2D eigenvalue weighted by atomic mass is 10.1. The monoisotopic (exact) mass is 198 g/mol. The third-order valence-corrected chi connectivity index (χ3v) is 2.55. The maximum Gasteiger partial charge on any atom is 0.0641 e. The number of hydrogen-bond donors (Lipinski definition) is 1. The number of aliphatic hydroxyl groups excluding tert-OH is 1. The molecule has 0 aliphatic carbocycles. The Labute approximate surface area is 89.2 Å². The lowest BCUT2D eigenvalue weighted by molar-refractivity contribution is 0.324. The van der Waals surface area contributed by atoms with E-state index in [9.17, 15) is 0 Å². The van der Waals surface area contributed by atoms with E-state index in [2.05, 4.69) is 19.9 Å². The number of rotatable bonds is 9.